The van der Waals surface area contributed by atoms with E-state index in [1.165, 1.54) is 28.2 Å². The van der Waals surface area contributed by atoms with Crippen LogP contribution in [0.4, 0.5) is 5.13 Å². The van der Waals surface area contributed by atoms with Crippen LogP contribution in [0.1, 0.15) is 10.5 Å². The van der Waals surface area contributed by atoms with Gasteiger partial charge in [0.1, 0.15) is 17.0 Å². The molecule has 2 heterocycles. The summed E-state index contributed by atoms with van der Waals surface area (Å²) in [6, 6.07) is 17.2. The Morgan fingerprint density at radius 1 is 1.07 bits per heavy atom. The van der Waals surface area contributed by atoms with E-state index < -0.39 is 5.91 Å². The van der Waals surface area contributed by atoms with Crippen molar-refractivity contribution in [3.63, 3.8) is 0 Å². The number of para-hydroxylation sites is 2. The lowest BCUT2D eigenvalue weighted by Gasteiger charge is -2.06. The van der Waals surface area contributed by atoms with Gasteiger partial charge in [0, 0.05) is 6.07 Å². The summed E-state index contributed by atoms with van der Waals surface area (Å²) in [5.41, 5.74) is 1.07. The zero-order chi connectivity index (χ0) is 18.8. The van der Waals surface area contributed by atoms with Crippen molar-refractivity contribution in [2.75, 3.05) is 12.4 Å². The van der Waals surface area contributed by atoms with E-state index in [1.54, 1.807) is 31.4 Å². The summed E-state index contributed by atoms with van der Waals surface area (Å²) in [5.74, 6) is 0.192. The van der Waals surface area contributed by atoms with Crippen molar-refractivity contribution < 1.29 is 9.53 Å². The smallest absolute Gasteiger partial charge is 0.277 e. The van der Waals surface area contributed by atoms with Crippen molar-refractivity contribution in [1.82, 2.24) is 14.8 Å². The number of carbonyl (C=O) groups is 1. The highest BCUT2D eigenvalue weighted by Gasteiger charge is 2.14. The van der Waals surface area contributed by atoms with E-state index in [9.17, 15) is 9.59 Å². The van der Waals surface area contributed by atoms with E-state index in [-0.39, 0.29) is 11.3 Å². The van der Waals surface area contributed by atoms with Crippen molar-refractivity contribution >= 4 is 32.6 Å². The molecule has 2 aromatic carbocycles. The highest BCUT2D eigenvalue weighted by atomic mass is 32.1. The van der Waals surface area contributed by atoms with Crippen LogP contribution in [-0.4, -0.2) is 27.8 Å². The summed E-state index contributed by atoms with van der Waals surface area (Å²) in [6.07, 6.45) is 0. The number of hydrogen-bond acceptors (Lipinski definition) is 6. The Morgan fingerprint density at radius 2 is 1.89 bits per heavy atom. The summed E-state index contributed by atoms with van der Waals surface area (Å²) in [7, 11) is 1.57. The highest BCUT2D eigenvalue weighted by Crippen LogP contribution is 2.32. The Labute approximate surface area is 157 Å². The van der Waals surface area contributed by atoms with Gasteiger partial charge >= 0.3 is 0 Å². The Bertz CT molecular complexity index is 1180. The summed E-state index contributed by atoms with van der Waals surface area (Å²) in [6.45, 7) is 0. The van der Waals surface area contributed by atoms with Gasteiger partial charge in [0.2, 0.25) is 0 Å². The molecule has 0 aliphatic carbocycles. The predicted octanol–water partition coefficient (Wildman–Crippen LogP) is 3.10. The number of aromatic nitrogens is 3. The number of hydrogen-bond donors (Lipinski definition) is 1. The molecule has 0 spiro atoms. The normalized spacial score (nSPS) is 10.7. The second-order valence-corrected chi connectivity index (χ2v) is 6.61. The topological polar surface area (TPSA) is 86.1 Å². The third kappa shape index (κ3) is 3.30. The number of nitrogens with one attached hydrogen (secondary N) is 1. The molecule has 1 N–H and O–H groups in total. The Morgan fingerprint density at radius 3 is 2.67 bits per heavy atom. The monoisotopic (exact) mass is 378 g/mol. The van der Waals surface area contributed by atoms with Gasteiger partial charge in [-0.1, -0.05) is 35.6 Å². The van der Waals surface area contributed by atoms with Gasteiger partial charge in [-0.3, -0.25) is 14.9 Å². The minimum absolute atomic E-state index is 0.115. The van der Waals surface area contributed by atoms with Crippen molar-refractivity contribution in [3.8, 4) is 11.4 Å². The molecule has 4 aromatic rings. The van der Waals surface area contributed by atoms with Gasteiger partial charge in [-0.05, 0) is 30.3 Å². The lowest BCUT2D eigenvalue weighted by molar-refractivity contribution is 0.102. The number of amides is 1. The molecule has 0 aliphatic heterocycles. The first-order chi connectivity index (χ1) is 13.2. The third-order valence-corrected chi connectivity index (χ3v) is 4.79. The van der Waals surface area contributed by atoms with Crippen molar-refractivity contribution in [2.45, 2.75) is 0 Å². The van der Waals surface area contributed by atoms with Gasteiger partial charge in [0.15, 0.2) is 5.13 Å². The van der Waals surface area contributed by atoms with Crippen LogP contribution in [-0.2, 0) is 0 Å². The maximum Gasteiger partial charge on any atom is 0.277 e. The molecule has 2 aromatic heterocycles. The van der Waals surface area contributed by atoms with E-state index in [0.717, 1.165) is 4.70 Å². The van der Waals surface area contributed by atoms with Crippen molar-refractivity contribution in [1.29, 1.82) is 0 Å². The molecule has 1 amide bonds. The molecule has 0 saturated heterocycles. The van der Waals surface area contributed by atoms with Gasteiger partial charge < -0.3 is 4.74 Å². The van der Waals surface area contributed by atoms with Gasteiger partial charge in [0.25, 0.3) is 11.5 Å². The third-order valence-electron chi connectivity index (χ3n) is 3.86. The number of methoxy groups -OCH3 is 1. The first kappa shape index (κ1) is 16.9. The standard InChI is InChI=1S/C19H14N4O3S/c1-26-14-8-5-9-15-17(14)20-19(27-15)21-18(25)13-10-11-16(24)23(22-13)12-6-3-2-4-7-12/h2-11H,1H3,(H,20,21,25). The van der Waals surface area contributed by atoms with Gasteiger partial charge in [-0.25, -0.2) is 4.98 Å². The van der Waals surface area contributed by atoms with Crippen LogP contribution in [0.3, 0.4) is 0 Å². The van der Waals surface area contributed by atoms with Crippen LogP contribution >= 0.6 is 11.3 Å². The van der Waals surface area contributed by atoms with Gasteiger partial charge in [0.05, 0.1) is 17.5 Å². The molecule has 0 radical (unpaired) electrons. The first-order valence-corrected chi connectivity index (χ1v) is 8.88. The predicted molar refractivity (Wildman–Crippen MR) is 104 cm³/mol. The Balaban J connectivity index is 1.65. The SMILES string of the molecule is COc1cccc2sc(NC(=O)c3ccc(=O)n(-c4ccccc4)n3)nc12. The number of ether oxygens (including phenoxy) is 1. The zero-order valence-corrected chi connectivity index (χ0v) is 15.1. The summed E-state index contributed by atoms with van der Waals surface area (Å²) in [5, 5.41) is 7.33. The number of anilines is 1. The second kappa shape index (κ2) is 7.00. The fourth-order valence-electron chi connectivity index (χ4n) is 2.59. The molecule has 27 heavy (non-hydrogen) atoms. The quantitative estimate of drug-likeness (QED) is 0.590. The van der Waals surface area contributed by atoms with Gasteiger partial charge in [-0.15, -0.1) is 0 Å². The van der Waals surface area contributed by atoms with Crippen LogP contribution in [0.15, 0.2) is 65.5 Å². The maximum absolute atomic E-state index is 12.6. The molecule has 0 aliphatic rings. The van der Waals surface area contributed by atoms with E-state index in [2.05, 4.69) is 15.4 Å². The number of thiazole rings is 1. The number of fused-ring (bicyclic) bond motifs is 1. The minimum Gasteiger partial charge on any atom is -0.494 e. The molecular formula is C19H14N4O3S. The summed E-state index contributed by atoms with van der Waals surface area (Å²) < 4.78 is 7.38. The number of carbonyl (C=O) groups excluding carboxylic acids is 1. The van der Waals surface area contributed by atoms with E-state index >= 15 is 0 Å². The Hall–Kier alpha value is -3.52. The van der Waals surface area contributed by atoms with Crippen LogP contribution in [0.2, 0.25) is 0 Å². The second-order valence-electron chi connectivity index (χ2n) is 5.58. The molecule has 8 heteroatoms. The molecular weight excluding hydrogens is 364 g/mol. The summed E-state index contributed by atoms with van der Waals surface area (Å²) in [4.78, 5) is 29.1. The average molecular weight is 378 g/mol. The lowest BCUT2D eigenvalue weighted by Crippen LogP contribution is -2.24. The van der Waals surface area contributed by atoms with Crippen molar-refractivity contribution in [2.24, 2.45) is 0 Å². The summed E-state index contributed by atoms with van der Waals surface area (Å²) >= 11 is 1.33. The number of benzene rings is 2. The van der Waals surface area contributed by atoms with Crippen LogP contribution in [0.25, 0.3) is 15.9 Å². The number of rotatable bonds is 4. The van der Waals surface area contributed by atoms with Crippen LogP contribution < -0.4 is 15.6 Å². The zero-order valence-electron chi connectivity index (χ0n) is 14.2. The molecule has 0 saturated carbocycles. The van der Waals surface area contributed by atoms with Gasteiger partial charge in [-0.2, -0.15) is 9.78 Å². The molecule has 0 bridgehead atoms. The maximum atomic E-state index is 12.6. The van der Waals surface area contributed by atoms with E-state index in [1.807, 2.05) is 24.3 Å². The van der Waals surface area contributed by atoms with Crippen LogP contribution in [0, 0.1) is 0 Å². The molecule has 7 nitrogen and oxygen atoms in total. The molecule has 4 rings (SSSR count). The first-order valence-electron chi connectivity index (χ1n) is 8.06. The molecule has 0 unspecified atom stereocenters. The largest absolute Gasteiger partial charge is 0.494 e. The van der Waals surface area contributed by atoms with Crippen LogP contribution in [0.5, 0.6) is 5.75 Å². The fraction of sp³-hybridized carbons (Fsp3) is 0.0526. The van der Waals surface area contributed by atoms with E-state index in [0.29, 0.717) is 22.1 Å². The minimum atomic E-state index is -0.447. The Kier molecular flexibility index (Phi) is 4.39. The molecule has 0 atom stereocenters. The molecule has 0 fully saturated rings. The van der Waals surface area contributed by atoms with Crippen molar-refractivity contribution in [3.05, 3.63) is 76.7 Å². The number of nitrogens with zero attached hydrogens (tertiary/aromatic N) is 3. The fourth-order valence-corrected chi connectivity index (χ4v) is 3.47. The highest BCUT2D eigenvalue weighted by molar-refractivity contribution is 7.22. The molecule has 134 valence electrons. The average Bonchev–Trinajstić information content (AvgIpc) is 3.11. The lowest BCUT2D eigenvalue weighted by atomic mass is 10.3. The van der Waals surface area contributed by atoms with E-state index in [4.69, 9.17) is 4.74 Å².